The highest BCUT2D eigenvalue weighted by molar-refractivity contribution is 7.99. The number of nitrogens with zero attached hydrogens (tertiary/aromatic N) is 2. The maximum atomic E-state index is 13.1. The molecule has 0 saturated carbocycles. The first kappa shape index (κ1) is 17.4. The summed E-state index contributed by atoms with van der Waals surface area (Å²) in [4.78, 5) is 4.40. The summed E-state index contributed by atoms with van der Waals surface area (Å²) in [5.74, 6) is 0.615. The summed E-state index contributed by atoms with van der Waals surface area (Å²) in [5, 5.41) is 0.623. The number of benzene rings is 2. The molecule has 0 aliphatic carbocycles. The van der Waals surface area contributed by atoms with Crippen molar-refractivity contribution < 1.29 is 13.2 Å². The van der Waals surface area contributed by atoms with Crippen molar-refractivity contribution in [2.75, 3.05) is 5.75 Å². The lowest BCUT2D eigenvalue weighted by Crippen LogP contribution is -2.07. The molecule has 128 valence electrons. The number of halogens is 3. The molecule has 0 atom stereocenters. The highest BCUT2D eigenvalue weighted by Gasteiger charge is 2.30. The molecule has 3 aromatic rings. The molecule has 0 aliphatic rings. The van der Waals surface area contributed by atoms with Crippen molar-refractivity contribution >= 4 is 11.8 Å². The van der Waals surface area contributed by atoms with Crippen LogP contribution in [0.2, 0.25) is 0 Å². The van der Waals surface area contributed by atoms with Gasteiger partial charge in [-0.05, 0) is 18.2 Å². The number of aromatic nitrogens is 2. The quantitative estimate of drug-likeness (QED) is 0.420. The second-order valence-electron chi connectivity index (χ2n) is 5.28. The third kappa shape index (κ3) is 3.79. The van der Waals surface area contributed by atoms with Crippen LogP contribution in [-0.2, 0) is 6.18 Å². The Kier molecular flexibility index (Phi) is 4.99. The van der Waals surface area contributed by atoms with E-state index in [4.69, 9.17) is 0 Å². The van der Waals surface area contributed by atoms with Gasteiger partial charge in [-0.2, -0.15) is 13.2 Å². The molecular weight excluding hydrogens is 345 g/mol. The second kappa shape index (κ2) is 7.19. The van der Waals surface area contributed by atoms with Crippen LogP contribution >= 0.6 is 11.8 Å². The topological polar surface area (TPSA) is 17.8 Å². The van der Waals surface area contributed by atoms with E-state index in [2.05, 4.69) is 11.6 Å². The Bertz CT molecular complexity index is 870. The normalized spacial score (nSPS) is 11.5. The van der Waals surface area contributed by atoms with Crippen LogP contribution in [-0.4, -0.2) is 15.3 Å². The van der Waals surface area contributed by atoms with E-state index >= 15 is 0 Å². The fraction of sp³-hybridized carbons (Fsp3) is 0.105. The van der Waals surface area contributed by atoms with Crippen molar-refractivity contribution in [2.45, 2.75) is 11.3 Å². The Morgan fingerprint density at radius 2 is 1.84 bits per heavy atom. The summed E-state index contributed by atoms with van der Waals surface area (Å²) in [6, 6.07) is 14.8. The number of thioether (sulfide) groups is 1. The number of rotatable bonds is 5. The molecule has 0 spiro atoms. The summed E-state index contributed by atoms with van der Waals surface area (Å²) < 4.78 is 41.0. The average molecular weight is 360 g/mol. The van der Waals surface area contributed by atoms with Crippen LogP contribution in [0.3, 0.4) is 0 Å². The van der Waals surface area contributed by atoms with Gasteiger partial charge in [-0.1, -0.05) is 54.2 Å². The molecule has 0 bridgehead atoms. The van der Waals surface area contributed by atoms with Crippen LogP contribution in [0.5, 0.6) is 0 Å². The molecule has 25 heavy (non-hydrogen) atoms. The molecular formula is C19H15F3N2S. The molecule has 0 fully saturated rings. The first-order chi connectivity index (χ1) is 12.0. The molecule has 3 rings (SSSR count). The van der Waals surface area contributed by atoms with E-state index in [0.717, 1.165) is 23.4 Å². The fourth-order valence-corrected chi connectivity index (χ4v) is 3.18. The Labute approximate surface area is 148 Å². The SMILES string of the molecule is C=CCSc1ncc(-c2ccccc2)n1-c1cccc(C(F)(F)F)c1. The van der Waals surface area contributed by atoms with E-state index < -0.39 is 11.7 Å². The van der Waals surface area contributed by atoms with Gasteiger partial charge in [0.05, 0.1) is 17.5 Å². The van der Waals surface area contributed by atoms with E-state index in [1.807, 2.05) is 30.3 Å². The Morgan fingerprint density at radius 1 is 1.08 bits per heavy atom. The molecule has 0 aliphatic heterocycles. The molecule has 1 heterocycles. The van der Waals surface area contributed by atoms with E-state index in [1.54, 1.807) is 22.9 Å². The van der Waals surface area contributed by atoms with Crippen molar-refractivity contribution in [1.29, 1.82) is 0 Å². The highest BCUT2D eigenvalue weighted by atomic mass is 32.2. The Hall–Kier alpha value is -2.47. The first-order valence-corrected chi connectivity index (χ1v) is 8.54. The second-order valence-corrected chi connectivity index (χ2v) is 6.26. The lowest BCUT2D eigenvalue weighted by atomic mass is 10.1. The van der Waals surface area contributed by atoms with Gasteiger partial charge in [-0.25, -0.2) is 4.98 Å². The molecule has 0 saturated heterocycles. The zero-order valence-electron chi connectivity index (χ0n) is 13.2. The first-order valence-electron chi connectivity index (χ1n) is 7.55. The van der Waals surface area contributed by atoms with Crippen molar-refractivity contribution in [1.82, 2.24) is 9.55 Å². The molecule has 0 radical (unpaired) electrons. The molecule has 2 nitrogen and oxygen atoms in total. The van der Waals surface area contributed by atoms with Gasteiger partial charge in [0.25, 0.3) is 0 Å². The Balaban J connectivity index is 2.16. The standard InChI is InChI=1S/C19H15F3N2S/c1-2-11-25-18-23-13-17(14-7-4-3-5-8-14)24(18)16-10-6-9-15(12-16)19(20,21)22/h2-10,12-13H,1,11H2. The average Bonchev–Trinajstić information content (AvgIpc) is 3.04. The van der Waals surface area contributed by atoms with Gasteiger partial charge >= 0.3 is 6.18 Å². The van der Waals surface area contributed by atoms with Crippen molar-refractivity contribution in [3.63, 3.8) is 0 Å². The maximum Gasteiger partial charge on any atom is 0.416 e. The van der Waals surface area contributed by atoms with Crippen LogP contribution in [0, 0.1) is 0 Å². The monoisotopic (exact) mass is 360 g/mol. The van der Waals surface area contributed by atoms with E-state index in [9.17, 15) is 13.2 Å². The predicted octanol–water partition coefficient (Wildman–Crippen LogP) is 5.84. The van der Waals surface area contributed by atoms with Gasteiger partial charge < -0.3 is 0 Å². The van der Waals surface area contributed by atoms with Gasteiger partial charge in [0.1, 0.15) is 0 Å². The minimum atomic E-state index is -4.39. The summed E-state index contributed by atoms with van der Waals surface area (Å²) in [7, 11) is 0. The van der Waals surface area contributed by atoms with Gasteiger partial charge in [0.15, 0.2) is 5.16 Å². The van der Waals surface area contributed by atoms with E-state index in [-0.39, 0.29) is 0 Å². The molecule has 1 aromatic heterocycles. The van der Waals surface area contributed by atoms with Gasteiger partial charge in [0.2, 0.25) is 0 Å². The summed E-state index contributed by atoms with van der Waals surface area (Å²) >= 11 is 1.42. The smallest absolute Gasteiger partial charge is 0.287 e. The zero-order chi connectivity index (χ0) is 17.9. The third-order valence-corrected chi connectivity index (χ3v) is 4.51. The molecule has 2 aromatic carbocycles. The van der Waals surface area contributed by atoms with Gasteiger partial charge in [-0.15, -0.1) is 6.58 Å². The number of alkyl halides is 3. The Morgan fingerprint density at radius 3 is 2.52 bits per heavy atom. The fourth-order valence-electron chi connectivity index (χ4n) is 2.45. The third-order valence-electron chi connectivity index (χ3n) is 3.56. The van der Waals surface area contributed by atoms with Crippen molar-refractivity contribution in [3.8, 4) is 16.9 Å². The van der Waals surface area contributed by atoms with E-state index in [0.29, 0.717) is 16.6 Å². The van der Waals surface area contributed by atoms with Crippen molar-refractivity contribution in [2.24, 2.45) is 0 Å². The van der Waals surface area contributed by atoms with Crippen LogP contribution in [0.25, 0.3) is 16.9 Å². The molecule has 0 amide bonds. The summed E-state index contributed by atoms with van der Waals surface area (Å²) in [5.41, 5.74) is 1.37. The number of hydrogen-bond donors (Lipinski definition) is 0. The van der Waals surface area contributed by atoms with Crippen LogP contribution in [0.15, 0.2) is 78.6 Å². The lowest BCUT2D eigenvalue weighted by Gasteiger charge is -2.14. The van der Waals surface area contributed by atoms with Gasteiger partial charge in [0, 0.05) is 17.0 Å². The predicted molar refractivity (Wildman–Crippen MR) is 94.9 cm³/mol. The van der Waals surface area contributed by atoms with Gasteiger partial charge in [-0.3, -0.25) is 4.57 Å². The number of imidazole rings is 1. The highest BCUT2D eigenvalue weighted by Crippen LogP contribution is 2.34. The summed E-state index contributed by atoms with van der Waals surface area (Å²) in [6.45, 7) is 3.68. The lowest BCUT2D eigenvalue weighted by molar-refractivity contribution is -0.137. The maximum absolute atomic E-state index is 13.1. The van der Waals surface area contributed by atoms with E-state index in [1.165, 1.54) is 17.8 Å². The molecule has 6 heteroatoms. The minimum Gasteiger partial charge on any atom is -0.287 e. The largest absolute Gasteiger partial charge is 0.416 e. The minimum absolute atomic E-state index is 0.428. The number of hydrogen-bond acceptors (Lipinski definition) is 2. The molecule has 0 unspecified atom stereocenters. The molecule has 0 N–H and O–H groups in total. The zero-order valence-corrected chi connectivity index (χ0v) is 14.0. The summed E-state index contributed by atoms with van der Waals surface area (Å²) in [6.07, 6.45) is -0.975. The van der Waals surface area contributed by atoms with Crippen LogP contribution in [0.1, 0.15) is 5.56 Å². The van der Waals surface area contributed by atoms with Crippen molar-refractivity contribution in [3.05, 3.63) is 79.0 Å². The van der Waals surface area contributed by atoms with Crippen LogP contribution in [0.4, 0.5) is 13.2 Å². The van der Waals surface area contributed by atoms with Crippen LogP contribution < -0.4 is 0 Å².